The molecule has 1 aromatic heterocycles. The number of aromatic amines is 1. The minimum absolute atomic E-state index is 0.0138. The first-order valence-corrected chi connectivity index (χ1v) is 14.7. The topological polar surface area (TPSA) is 65.6 Å². The normalized spacial score (nSPS) is 13.3. The van der Waals surface area contributed by atoms with Gasteiger partial charge in [-0.1, -0.05) is 63.2 Å². The number of H-pyrrole nitrogens is 1. The smallest absolute Gasteiger partial charge is 0.254 e. The van der Waals surface area contributed by atoms with Gasteiger partial charge >= 0.3 is 0 Å². The standard InChI is InChI=1S/C35H41N3O3/c1-5-41-30-18-10-25(11-19-30)23-37(21-20-27-22-36-32-9-7-6-8-31(27)32)33(39)24-38(29-16-17-29)34(40)26-12-14-28(15-13-26)35(2,3)4/h6-15,18-19,22,29,36H,5,16-17,20-21,23-24H2,1-4H3. The molecule has 214 valence electrons. The minimum atomic E-state index is -0.0704. The lowest BCUT2D eigenvalue weighted by molar-refractivity contribution is -0.132. The van der Waals surface area contributed by atoms with E-state index in [1.807, 2.05) is 78.7 Å². The largest absolute Gasteiger partial charge is 0.494 e. The number of nitrogens with one attached hydrogen (secondary N) is 1. The first kappa shape index (κ1) is 28.5. The summed E-state index contributed by atoms with van der Waals surface area (Å²) in [5.41, 5.74) is 5.13. The third-order valence-electron chi connectivity index (χ3n) is 7.84. The molecule has 0 bridgehead atoms. The van der Waals surface area contributed by atoms with Gasteiger partial charge in [0, 0.05) is 41.8 Å². The van der Waals surface area contributed by atoms with Crippen LogP contribution in [0.2, 0.25) is 0 Å². The number of aromatic nitrogens is 1. The summed E-state index contributed by atoms with van der Waals surface area (Å²) < 4.78 is 5.60. The molecule has 2 amide bonds. The maximum absolute atomic E-state index is 13.9. The number of carbonyl (C=O) groups is 2. The van der Waals surface area contributed by atoms with E-state index in [1.54, 1.807) is 4.90 Å². The lowest BCUT2D eigenvalue weighted by Gasteiger charge is -2.28. The van der Waals surface area contributed by atoms with Crippen LogP contribution in [0.4, 0.5) is 0 Å². The molecule has 6 heteroatoms. The minimum Gasteiger partial charge on any atom is -0.494 e. The average Bonchev–Trinajstić information content (AvgIpc) is 3.73. The van der Waals surface area contributed by atoms with E-state index in [2.05, 4.69) is 37.9 Å². The number of para-hydroxylation sites is 1. The Morgan fingerprint density at radius 2 is 1.66 bits per heavy atom. The van der Waals surface area contributed by atoms with E-state index < -0.39 is 0 Å². The maximum atomic E-state index is 13.9. The molecule has 4 aromatic rings. The summed E-state index contributed by atoms with van der Waals surface area (Å²) in [4.78, 5) is 34.5. The molecule has 1 aliphatic rings. The van der Waals surface area contributed by atoms with Gasteiger partial charge in [0.05, 0.1) is 6.61 Å². The molecule has 1 heterocycles. The van der Waals surface area contributed by atoms with Gasteiger partial charge in [0.2, 0.25) is 5.91 Å². The monoisotopic (exact) mass is 551 g/mol. The lowest BCUT2D eigenvalue weighted by Crippen LogP contribution is -2.44. The van der Waals surface area contributed by atoms with Crippen LogP contribution >= 0.6 is 0 Å². The molecule has 0 unspecified atom stereocenters. The lowest BCUT2D eigenvalue weighted by atomic mass is 9.86. The van der Waals surface area contributed by atoms with E-state index in [-0.39, 0.29) is 29.8 Å². The molecular formula is C35H41N3O3. The number of ether oxygens (including phenoxy) is 1. The van der Waals surface area contributed by atoms with Gasteiger partial charge in [0.15, 0.2) is 0 Å². The predicted octanol–water partition coefficient (Wildman–Crippen LogP) is 6.74. The molecule has 0 aliphatic heterocycles. The molecule has 0 spiro atoms. The Kier molecular flexibility index (Phi) is 8.48. The van der Waals surface area contributed by atoms with Crippen molar-refractivity contribution in [3.8, 4) is 5.75 Å². The summed E-state index contributed by atoms with van der Waals surface area (Å²) in [5.74, 6) is 0.708. The van der Waals surface area contributed by atoms with Crippen molar-refractivity contribution in [3.05, 3.63) is 101 Å². The van der Waals surface area contributed by atoms with Crippen molar-refractivity contribution < 1.29 is 14.3 Å². The number of nitrogens with zero attached hydrogens (tertiary/aromatic N) is 2. The predicted molar refractivity (Wildman–Crippen MR) is 164 cm³/mol. The second kappa shape index (κ2) is 12.2. The van der Waals surface area contributed by atoms with Crippen LogP contribution in [0.25, 0.3) is 10.9 Å². The Morgan fingerprint density at radius 1 is 0.951 bits per heavy atom. The number of hydrogen-bond acceptors (Lipinski definition) is 3. The SMILES string of the molecule is CCOc1ccc(CN(CCc2c[nH]c3ccccc23)C(=O)CN(C(=O)c2ccc(C(C)(C)C)cc2)C2CC2)cc1. The van der Waals surface area contributed by atoms with Crippen molar-refractivity contribution in [2.75, 3.05) is 19.7 Å². The highest BCUT2D eigenvalue weighted by Crippen LogP contribution is 2.29. The quantitative estimate of drug-likeness (QED) is 0.225. The molecule has 1 aliphatic carbocycles. The Bertz CT molecular complexity index is 1480. The fourth-order valence-corrected chi connectivity index (χ4v) is 5.24. The van der Waals surface area contributed by atoms with Crippen LogP contribution in [-0.2, 0) is 23.2 Å². The van der Waals surface area contributed by atoms with E-state index in [1.165, 1.54) is 16.5 Å². The average molecular weight is 552 g/mol. The van der Waals surface area contributed by atoms with Crippen LogP contribution in [0.15, 0.2) is 79.0 Å². The Morgan fingerprint density at radius 3 is 2.32 bits per heavy atom. The van der Waals surface area contributed by atoms with Crippen LogP contribution in [0, 0.1) is 0 Å². The number of fused-ring (bicyclic) bond motifs is 1. The van der Waals surface area contributed by atoms with Crippen molar-refractivity contribution in [1.29, 1.82) is 0 Å². The highest BCUT2D eigenvalue weighted by atomic mass is 16.5. The van der Waals surface area contributed by atoms with E-state index in [9.17, 15) is 9.59 Å². The van der Waals surface area contributed by atoms with Crippen molar-refractivity contribution >= 4 is 22.7 Å². The highest BCUT2D eigenvalue weighted by molar-refractivity contribution is 5.97. The van der Waals surface area contributed by atoms with Crippen molar-refractivity contribution in [2.24, 2.45) is 0 Å². The van der Waals surface area contributed by atoms with Gasteiger partial charge in [-0.15, -0.1) is 0 Å². The summed E-state index contributed by atoms with van der Waals surface area (Å²) in [6, 6.07) is 24.1. The van der Waals surface area contributed by atoms with Crippen LogP contribution in [0.3, 0.4) is 0 Å². The zero-order valence-corrected chi connectivity index (χ0v) is 24.7. The molecule has 0 radical (unpaired) electrons. The second-order valence-electron chi connectivity index (χ2n) is 12.0. The van der Waals surface area contributed by atoms with Crippen LogP contribution in [0.5, 0.6) is 5.75 Å². The number of rotatable bonds is 11. The van der Waals surface area contributed by atoms with Gasteiger partial charge in [-0.3, -0.25) is 9.59 Å². The summed E-state index contributed by atoms with van der Waals surface area (Å²) in [5, 5.41) is 1.18. The third-order valence-corrected chi connectivity index (χ3v) is 7.84. The number of carbonyl (C=O) groups excluding carboxylic acids is 2. The Labute approximate surface area is 243 Å². The number of amides is 2. The van der Waals surface area contributed by atoms with Gasteiger partial charge in [-0.05, 0) is 78.6 Å². The maximum Gasteiger partial charge on any atom is 0.254 e. The number of hydrogen-bond donors (Lipinski definition) is 1. The van der Waals surface area contributed by atoms with Crippen molar-refractivity contribution in [3.63, 3.8) is 0 Å². The summed E-state index contributed by atoms with van der Waals surface area (Å²) >= 11 is 0. The van der Waals surface area contributed by atoms with Crippen LogP contribution in [-0.4, -0.2) is 52.3 Å². The third kappa shape index (κ3) is 6.99. The van der Waals surface area contributed by atoms with E-state index in [4.69, 9.17) is 4.74 Å². The van der Waals surface area contributed by atoms with E-state index in [0.717, 1.165) is 36.1 Å². The van der Waals surface area contributed by atoms with Crippen molar-refractivity contribution in [1.82, 2.24) is 14.8 Å². The highest BCUT2D eigenvalue weighted by Gasteiger charge is 2.35. The zero-order valence-electron chi connectivity index (χ0n) is 24.7. The fourth-order valence-electron chi connectivity index (χ4n) is 5.24. The molecule has 0 atom stereocenters. The summed E-state index contributed by atoms with van der Waals surface area (Å²) in [6.07, 6.45) is 4.63. The molecule has 5 rings (SSSR count). The number of benzene rings is 3. The van der Waals surface area contributed by atoms with Gasteiger partial charge in [-0.2, -0.15) is 0 Å². The van der Waals surface area contributed by atoms with Gasteiger partial charge in [-0.25, -0.2) is 0 Å². The summed E-state index contributed by atoms with van der Waals surface area (Å²) in [6.45, 7) is 10.2. The molecule has 1 N–H and O–H groups in total. The fraction of sp³-hybridized carbons (Fsp3) is 0.371. The van der Waals surface area contributed by atoms with E-state index >= 15 is 0 Å². The molecular weight excluding hydrogens is 510 g/mol. The molecule has 3 aromatic carbocycles. The molecule has 1 fully saturated rings. The second-order valence-corrected chi connectivity index (χ2v) is 12.0. The zero-order chi connectivity index (χ0) is 29.0. The van der Waals surface area contributed by atoms with Gasteiger partial charge in [0.1, 0.15) is 12.3 Å². The van der Waals surface area contributed by atoms with Crippen molar-refractivity contribution in [2.45, 2.75) is 65.0 Å². The summed E-state index contributed by atoms with van der Waals surface area (Å²) in [7, 11) is 0. The molecule has 41 heavy (non-hydrogen) atoms. The molecule has 1 saturated carbocycles. The Balaban J connectivity index is 1.34. The van der Waals surface area contributed by atoms with Crippen LogP contribution in [0.1, 0.15) is 67.6 Å². The van der Waals surface area contributed by atoms with Gasteiger partial charge in [0.25, 0.3) is 5.91 Å². The molecule has 0 saturated heterocycles. The first-order valence-electron chi connectivity index (χ1n) is 14.7. The van der Waals surface area contributed by atoms with Crippen LogP contribution < -0.4 is 4.74 Å². The van der Waals surface area contributed by atoms with E-state index in [0.29, 0.717) is 25.3 Å². The Hall–Kier alpha value is -4.06. The first-order chi connectivity index (χ1) is 19.7. The van der Waals surface area contributed by atoms with Gasteiger partial charge < -0.3 is 19.5 Å². The molecule has 6 nitrogen and oxygen atoms in total.